The van der Waals surface area contributed by atoms with Gasteiger partial charge in [-0.25, -0.2) is 0 Å². The number of fused-ring (bicyclic) bond motifs is 1. The first-order valence-electron chi connectivity index (χ1n) is 7.80. The molecule has 20 heavy (non-hydrogen) atoms. The maximum Gasteiger partial charge on any atom is 0.228 e. The van der Waals surface area contributed by atoms with Gasteiger partial charge in [-0.15, -0.1) is 0 Å². The van der Waals surface area contributed by atoms with E-state index in [1.54, 1.807) is 0 Å². The minimum Gasteiger partial charge on any atom is -0.355 e. The van der Waals surface area contributed by atoms with Crippen LogP contribution in [0.5, 0.6) is 0 Å². The highest BCUT2D eigenvalue weighted by Crippen LogP contribution is 2.49. The van der Waals surface area contributed by atoms with E-state index in [-0.39, 0.29) is 11.8 Å². The third kappa shape index (κ3) is 2.73. The summed E-state index contributed by atoms with van der Waals surface area (Å²) < 4.78 is 0. The Bertz CT molecular complexity index is 494. The second-order valence-electron chi connectivity index (χ2n) is 6.35. The molecule has 1 saturated carbocycles. The molecular weight excluding hydrogens is 248 g/mol. The highest BCUT2D eigenvalue weighted by molar-refractivity contribution is 5.84. The molecule has 2 N–H and O–H groups in total. The fourth-order valence-corrected chi connectivity index (χ4v) is 3.35. The Kier molecular flexibility index (Phi) is 3.79. The lowest BCUT2D eigenvalue weighted by molar-refractivity contribution is -0.122. The molecule has 108 valence electrons. The smallest absolute Gasteiger partial charge is 0.228 e. The van der Waals surface area contributed by atoms with Crippen molar-refractivity contribution in [1.29, 1.82) is 0 Å². The van der Waals surface area contributed by atoms with E-state index in [0.717, 1.165) is 19.6 Å². The maximum absolute atomic E-state index is 12.5. The molecule has 3 rings (SSSR count). The van der Waals surface area contributed by atoms with Gasteiger partial charge in [0.05, 0.1) is 5.92 Å². The number of hydrogen-bond acceptors (Lipinski definition) is 2. The van der Waals surface area contributed by atoms with Crippen LogP contribution in [0, 0.1) is 5.41 Å². The Morgan fingerprint density at radius 1 is 1.40 bits per heavy atom. The van der Waals surface area contributed by atoms with E-state index in [9.17, 15) is 4.79 Å². The van der Waals surface area contributed by atoms with Gasteiger partial charge >= 0.3 is 0 Å². The van der Waals surface area contributed by atoms with Gasteiger partial charge < -0.3 is 10.6 Å². The van der Waals surface area contributed by atoms with Gasteiger partial charge in [-0.05, 0) is 35.8 Å². The summed E-state index contributed by atoms with van der Waals surface area (Å²) in [5.74, 6) is 0.157. The van der Waals surface area contributed by atoms with Crippen LogP contribution in [-0.4, -0.2) is 19.0 Å². The monoisotopic (exact) mass is 272 g/mol. The third-order valence-electron chi connectivity index (χ3n) is 4.79. The summed E-state index contributed by atoms with van der Waals surface area (Å²) in [5.41, 5.74) is 2.88. The zero-order chi connectivity index (χ0) is 14.0. The Balaban J connectivity index is 1.64. The predicted molar refractivity (Wildman–Crippen MR) is 80.5 cm³/mol. The SMILES string of the molecule is CCCC1(CNC(=O)C2CNCc3ccccc32)CC1. The first-order chi connectivity index (χ1) is 9.74. The number of nitrogens with one attached hydrogen (secondary N) is 2. The van der Waals surface area contributed by atoms with Crippen LogP contribution in [0.2, 0.25) is 0 Å². The van der Waals surface area contributed by atoms with Crippen molar-refractivity contribution in [2.24, 2.45) is 5.41 Å². The summed E-state index contributed by atoms with van der Waals surface area (Å²) in [6, 6.07) is 8.28. The highest BCUT2D eigenvalue weighted by Gasteiger charge is 2.42. The van der Waals surface area contributed by atoms with Gasteiger partial charge in [0.1, 0.15) is 0 Å². The largest absolute Gasteiger partial charge is 0.355 e. The van der Waals surface area contributed by atoms with Gasteiger partial charge in [-0.2, -0.15) is 0 Å². The van der Waals surface area contributed by atoms with E-state index in [4.69, 9.17) is 0 Å². The van der Waals surface area contributed by atoms with Crippen molar-refractivity contribution in [2.45, 2.75) is 45.1 Å². The lowest BCUT2D eigenvalue weighted by Gasteiger charge is -2.26. The van der Waals surface area contributed by atoms with Gasteiger partial charge in [-0.3, -0.25) is 4.79 Å². The minimum atomic E-state index is -0.0302. The molecule has 3 heteroatoms. The van der Waals surface area contributed by atoms with Crippen molar-refractivity contribution in [3.8, 4) is 0 Å². The summed E-state index contributed by atoms with van der Waals surface area (Å²) in [4.78, 5) is 12.5. The Hall–Kier alpha value is -1.35. The fraction of sp³-hybridized carbons (Fsp3) is 0.588. The average Bonchev–Trinajstić information content (AvgIpc) is 3.25. The van der Waals surface area contributed by atoms with Crippen molar-refractivity contribution < 1.29 is 4.79 Å². The molecule has 1 heterocycles. The van der Waals surface area contributed by atoms with Crippen LogP contribution >= 0.6 is 0 Å². The average molecular weight is 272 g/mol. The summed E-state index contributed by atoms with van der Waals surface area (Å²) in [6.45, 7) is 4.71. The fourth-order valence-electron chi connectivity index (χ4n) is 3.35. The number of rotatable bonds is 5. The standard InChI is InChI=1S/C17H24N2O/c1-2-7-17(8-9-17)12-19-16(20)15-11-18-10-13-5-3-4-6-14(13)15/h3-6,15,18H,2,7-12H2,1H3,(H,19,20). The molecule has 1 fully saturated rings. The second-order valence-corrected chi connectivity index (χ2v) is 6.35. The topological polar surface area (TPSA) is 41.1 Å². The number of carbonyl (C=O) groups excluding carboxylic acids is 1. The first kappa shape index (κ1) is 13.6. The van der Waals surface area contributed by atoms with E-state index in [1.165, 1.54) is 36.8 Å². The van der Waals surface area contributed by atoms with Crippen LogP contribution in [0.15, 0.2) is 24.3 Å². The lowest BCUT2D eigenvalue weighted by Crippen LogP contribution is -2.40. The van der Waals surface area contributed by atoms with E-state index in [0.29, 0.717) is 5.41 Å². The summed E-state index contributed by atoms with van der Waals surface area (Å²) in [7, 11) is 0. The van der Waals surface area contributed by atoms with Crippen LogP contribution in [-0.2, 0) is 11.3 Å². The van der Waals surface area contributed by atoms with E-state index >= 15 is 0 Å². The molecule has 1 aromatic carbocycles. The molecule has 0 bridgehead atoms. The minimum absolute atomic E-state index is 0.0302. The Labute approximate surface area is 121 Å². The lowest BCUT2D eigenvalue weighted by atomic mass is 9.90. The molecule has 1 atom stereocenters. The van der Waals surface area contributed by atoms with Gasteiger partial charge in [0.25, 0.3) is 0 Å². The Morgan fingerprint density at radius 3 is 2.95 bits per heavy atom. The zero-order valence-corrected chi connectivity index (χ0v) is 12.2. The van der Waals surface area contributed by atoms with Crippen LogP contribution in [0.1, 0.15) is 49.7 Å². The summed E-state index contributed by atoms with van der Waals surface area (Å²) >= 11 is 0. The maximum atomic E-state index is 12.5. The molecule has 1 aromatic rings. The molecule has 3 nitrogen and oxygen atoms in total. The molecule has 1 aliphatic heterocycles. The van der Waals surface area contributed by atoms with Crippen molar-refractivity contribution in [2.75, 3.05) is 13.1 Å². The summed E-state index contributed by atoms with van der Waals surface area (Å²) in [5, 5.41) is 6.55. The van der Waals surface area contributed by atoms with E-state index < -0.39 is 0 Å². The molecule has 1 aliphatic carbocycles. The first-order valence-corrected chi connectivity index (χ1v) is 7.80. The molecule has 0 radical (unpaired) electrons. The van der Waals surface area contributed by atoms with Gasteiger partial charge in [0.15, 0.2) is 0 Å². The van der Waals surface area contributed by atoms with Crippen LogP contribution in [0.25, 0.3) is 0 Å². The van der Waals surface area contributed by atoms with Crippen LogP contribution in [0.4, 0.5) is 0 Å². The number of carbonyl (C=O) groups is 1. The second kappa shape index (κ2) is 5.57. The van der Waals surface area contributed by atoms with Gasteiger partial charge in [-0.1, -0.05) is 37.6 Å². The Morgan fingerprint density at radius 2 is 2.20 bits per heavy atom. The van der Waals surface area contributed by atoms with Crippen LogP contribution in [0.3, 0.4) is 0 Å². The van der Waals surface area contributed by atoms with Crippen molar-refractivity contribution in [1.82, 2.24) is 10.6 Å². The zero-order valence-electron chi connectivity index (χ0n) is 12.2. The number of benzene rings is 1. The molecule has 1 amide bonds. The van der Waals surface area contributed by atoms with Crippen molar-refractivity contribution >= 4 is 5.91 Å². The van der Waals surface area contributed by atoms with Gasteiger partial charge in [0.2, 0.25) is 5.91 Å². The van der Waals surface area contributed by atoms with E-state index in [1.807, 2.05) is 12.1 Å². The predicted octanol–water partition coefficient (Wildman–Crippen LogP) is 2.57. The molecular formula is C17H24N2O. The number of hydrogen-bond donors (Lipinski definition) is 2. The quantitative estimate of drug-likeness (QED) is 0.865. The molecule has 0 spiro atoms. The van der Waals surface area contributed by atoms with Crippen LogP contribution < -0.4 is 10.6 Å². The molecule has 0 aromatic heterocycles. The molecule has 0 saturated heterocycles. The van der Waals surface area contributed by atoms with E-state index in [2.05, 4.69) is 29.7 Å². The van der Waals surface area contributed by atoms with Crippen molar-refractivity contribution in [3.05, 3.63) is 35.4 Å². The van der Waals surface area contributed by atoms with Crippen molar-refractivity contribution in [3.63, 3.8) is 0 Å². The molecule has 2 aliphatic rings. The third-order valence-corrected chi connectivity index (χ3v) is 4.79. The normalized spacial score (nSPS) is 22.9. The molecule has 1 unspecified atom stereocenters. The van der Waals surface area contributed by atoms with Gasteiger partial charge in [0, 0.05) is 19.6 Å². The number of amides is 1. The summed E-state index contributed by atoms with van der Waals surface area (Å²) in [6.07, 6.45) is 5.01. The highest BCUT2D eigenvalue weighted by atomic mass is 16.1.